The van der Waals surface area contributed by atoms with Gasteiger partial charge < -0.3 is 10.3 Å². The molecule has 2 aromatic rings. The van der Waals surface area contributed by atoms with E-state index in [2.05, 4.69) is 48.6 Å². The van der Waals surface area contributed by atoms with Gasteiger partial charge in [0, 0.05) is 28.8 Å². The second kappa shape index (κ2) is 7.45. The molecule has 0 spiro atoms. The number of aromatic amines is 1. The number of aryl methyl sites for hydroxylation is 1. The van der Waals surface area contributed by atoms with E-state index in [-0.39, 0.29) is 6.04 Å². The van der Waals surface area contributed by atoms with Gasteiger partial charge in [0.1, 0.15) is 7.85 Å². The molecule has 1 aliphatic heterocycles. The van der Waals surface area contributed by atoms with Crippen LogP contribution in [0.5, 0.6) is 0 Å². The molecule has 2 radical (unpaired) electrons. The van der Waals surface area contributed by atoms with Crippen molar-refractivity contribution in [1.29, 1.82) is 0 Å². The Labute approximate surface area is 158 Å². The van der Waals surface area contributed by atoms with Crippen molar-refractivity contribution >= 4 is 29.9 Å². The molecule has 1 aromatic heterocycles. The molecule has 0 fully saturated rings. The Morgan fingerprint density at radius 2 is 2.08 bits per heavy atom. The van der Waals surface area contributed by atoms with Crippen LogP contribution in [0.2, 0.25) is 0 Å². The summed E-state index contributed by atoms with van der Waals surface area (Å²) in [6, 6.07) is 2.32. The van der Waals surface area contributed by atoms with Crippen LogP contribution in [-0.4, -0.2) is 18.9 Å². The van der Waals surface area contributed by atoms with Crippen LogP contribution in [0.25, 0.3) is 10.9 Å². The van der Waals surface area contributed by atoms with E-state index >= 15 is 0 Å². The first-order valence-electron chi connectivity index (χ1n) is 9.44. The van der Waals surface area contributed by atoms with Crippen LogP contribution in [-0.2, 0) is 0 Å². The summed E-state index contributed by atoms with van der Waals surface area (Å²) < 4.78 is 0. The van der Waals surface area contributed by atoms with E-state index in [9.17, 15) is 0 Å². The van der Waals surface area contributed by atoms with Crippen LogP contribution >= 0.6 is 0 Å². The van der Waals surface area contributed by atoms with Crippen LogP contribution in [0.15, 0.2) is 61.4 Å². The molecule has 2 aliphatic rings. The van der Waals surface area contributed by atoms with E-state index in [0.29, 0.717) is 11.8 Å². The minimum Gasteiger partial charge on any atom is -0.378 e. The van der Waals surface area contributed by atoms with Gasteiger partial charge in [0.25, 0.3) is 0 Å². The Kier molecular flexibility index (Phi) is 5.27. The number of benzene rings is 1. The average molecular weight is 342 g/mol. The molecule has 3 atom stereocenters. The fourth-order valence-corrected chi connectivity index (χ4v) is 4.35. The fraction of sp³-hybridized carbons (Fsp3) is 0.304. The summed E-state index contributed by atoms with van der Waals surface area (Å²) in [7, 11) is 6.52. The zero-order valence-corrected chi connectivity index (χ0v) is 16.0. The number of rotatable bonds is 3. The highest BCUT2D eigenvalue weighted by Gasteiger charge is 2.40. The first-order chi connectivity index (χ1) is 12.7. The van der Waals surface area contributed by atoms with Gasteiger partial charge in [-0.25, -0.2) is 0 Å². The van der Waals surface area contributed by atoms with Gasteiger partial charge in [0.05, 0.1) is 11.6 Å². The number of aromatic nitrogens is 1. The third-order valence-electron chi connectivity index (χ3n) is 5.54. The molecule has 2 nitrogen and oxygen atoms in total. The monoisotopic (exact) mass is 342 g/mol. The molecule has 132 valence electrons. The largest absolute Gasteiger partial charge is 0.378 e. The highest BCUT2D eigenvalue weighted by Crippen LogP contribution is 2.48. The van der Waals surface area contributed by atoms with E-state index in [1.54, 1.807) is 0 Å². The number of nitrogens with one attached hydrogen (secondary N) is 2. The van der Waals surface area contributed by atoms with Crippen LogP contribution in [0.3, 0.4) is 0 Å². The number of fused-ring (bicyclic) bond motifs is 5. The lowest BCUT2D eigenvalue weighted by Crippen LogP contribution is -2.40. The van der Waals surface area contributed by atoms with Crippen molar-refractivity contribution < 1.29 is 0 Å². The van der Waals surface area contributed by atoms with Crippen molar-refractivity contribution in [3.8, 4) is 0 Å². The molecule has 0 saturated carbocycles. The van der Waals surface area contributed by atoms with Gasteiger partial charge in [0.2, 0.25) is 0 Å². The van der Waals surface area contributed by atoms with E-state index in [1.165, 1.54) is 16.5 Å². The highest BCUT2D eigenvalue weighted by molar-refractivity contribution is 6.39. The normalized spacial score (nSPS) is 23.5. The second-order valence-corrected chi connectivity index (χ2v) is 6.68. The lowest BCUT2D eigenvalue weighted by atomic mass is 9.72. The number of allylic oxidation sites excluding steroid dienone is 4. The minimum atomic E-state index is 0.196. The van der Waals surface area contributed by atoms with Gasteiger partial charge in [-0.15, -0.1) is 0 Å². The molecule has 0 bridgehead atoms. The summed E-state index contributed by atoms with van der Waals surface area (Å²) in [5.74, 6) is 0.832. The highest BCUT2D eigenvalue weighted by atomic mass is 15.0. The second-order valence-electron chi connectivity index (χ2n) is 6.68. The summed E-state index contributed by atoms with van der Waals surface area (Å²) in [6.45, 7) is 13.9. The first kappa shape index (κ1) is 18.4. The van der Waals surface area contributed by atoms with Crippen LogP contribution in [0.1, 0.15) is 37.3 Å². The van der Waals surface area contributed by atoms with Crippen molar-refractivity contribution in [3.63, 3.8) is 0 Å². The number of hydrogen-bond acceptors (Lipinski definition) is 1. The Balaban J connectivity index is 0.000000948. The smallest absolute Gasteiger partial charge is 0.117 e. The lowest BCUT2D eigenvalue weighted by molar-refractivity contribution is 0.457. The van der Waals surface area contributed by atoms with E-state index in [1.807, 2.05) is 38.3 Å². The summed E-state index contributed by atoms with van der Waals surface area (Å²) >= 11 is 0. The third-order valence-corrected chi connectivity index (χ3v) is 5.54. The number of hydrogen-bond donors (Lipinski definition) is 2. The predicted octanol–water partition coefficient (Wildman–Crippen LogP) is 5.05. The summed E-state index contributed by atoms with van der Waals surface area (Å²) in [5, 5.41) is 4.94. The van der Waals surface area contributed by atoms with Crippen molar-refractivity contribution in [2.24, 2.45) is 5.92 Å². The van der Waals surface area contributed by atoms with Gasteiger partial charge in [-0.1, -0.05) is 62.8 Å². The van der Waals surface area contributed by atoms with Gasteiger partial charge >= 0.3 is 0 Å². The Hall–Kier alpha value is -2.42. The molecule has 0 saturated heterocycles. The van der Waals surface area contributed by atoms with Crippen molar-refractivity contribution in [3.05, 3.63) is 72.5 Å². The van der Waals surface area contributed by atoms with E-state index in [4.69, 9.17) is 7.85 Å². The maximum atomic E-state index is 6.52. The Bertz CT molecular complexity index is 901. The van der Waals surface area contributed by atoms with Crippen molar-refractivity contribution in [2.45, 2.75) is 39.2 Å². The molecule has 0 amide bonds. The Morgan fingerprint density at radius 1 is 1.31 bits per heavy atom. The molecule has 3 heteroatoms. The SMILES string of the molecule is CC.[B]c1c2c(c3[nH]ccc3c1C)C1C=CCC1C(/C(C=C)=C/C=C)N2. The topological polar surface area (TPSA) is 27.8 Å². The molecular weight excluding hydrogens is 315 g/mol. The van der Waals surface area contributed by atoms with Crippen molar-refractivity contribution in [1.82, 2.24) is 4.98 Å². The third kappa shape index (κ3) is 2.66. The number of H-pyrrole nitrogens is 1. The lowest BCUT2D eigenvalue weighted by Gasteiger charge is -2.39. The van der Waals surface area contributed by atoms with Gasteiger partial charge in [0.15, 0.2) is 0 Å². The van der Waals surface area contributed by atoms with Crippen LogP contribution in [0, 0.1) is 12.8 Å². The maximum absolute atomic E-state index is 6.52. The first-order valence-corrected chi connectivity index (χ1v) is 9.44. The maximum Gasteiger partial charge on any atom is 0.117 e. The molecule has 3 unspecified atom stereocenters. The molecule has 2 N–H and O–H groups in total. The zero-order chi connectivity index (χ0) is 18.8. The number of anilines is 1. The minimum absolute atomic E-state index is 0.196. The fourth-order valence-electron chi connectivity index (χ4n) is 4.35. The molecule has 1 aliphatic carbocycles. The summed E-state index contributed by atoms with van der Waals surface area (Å²) in [6.07, 6.45) is 13.5. The molecule has 4 rings (SSSR count). The quantitative estimate of drug-likeness (QED) is 0.456. The van der Waals surface area contributed by atoms with Crippen molar-refractivity contribution in [2.75, 3.05) is 5.32 Å². The van der Waals surface area contributed by atoms with E-state index < -0.39 is 0 Å². The predicted molar refractivity (Wildman–Crippen MR) is 116 cm³/mol. The van der Waals surface area contributed by atoms with E-state index in [0.717, 1.165) is 28.7 Å². The van der Waals surface area contributed by atoms with Gasteiger partial charge in [-0.05, 0) is 36.5 Å². The molecule has 1 aromatic carbocycles. The summed E-state index contributed by atoms with van der Waals surface area (Å²) in [5.41, 5.74) is 6.72. The molecule has 26 heavy (non-hydrogen) atoms. The van der Waals surface area contributed by atoms with Gasteiger partial charge in [-0.2, -0.15) is 0 Å². The Morgan fingerprint density at radius 3 is 2.77 bits per heavy atom. The molecular formula is C23H27BN2. The standard InChI is InChI=1S/C21H21BN2.C2H6/c1-4-7-13(5-2)19-16-9-6-8-15(16)17-20-14(10-11-23-20)12(3)18(22)21(17)24-19;1-2/h4-8,10-11,15-16,19,23-24H,1-2,9H2,3H3;1-2H3/b13-7+;. The average Bonchev–Trinajstić information content (AvgIpc) is 3.34. The molecule has 2 heterocycles. The van der Waals surface area contributed by atoms with Gasteiger partial charge in [-0.3, -0.25) is 0 Å². The van der Waals surface area contributed by atoms with Crippen LogP contribution < -0.4 is 10.8 Å². The summed E-state index contributed by atoms with van der Waals surface area (Å²) in [4.78, 5) is 3.43. The van der Waals surface area contributed by atoms with Crippen LogP contribution in [0.4, 0.5) is 5.69 Å². The zero-order valence-electron chi connectivity index (χ0n) is 16.0.